The summed E-state index contributed by atoms with van der Waals surface area (Å²) in [6.07, 6.45) is 0. The Kier molecular flexibility index (Phi) is 5.74. The van der Waals surface area contributed by atoms with Crippen molar-refractivity contribution in [2.75, 3.05) is 5.32 Å². The number of anilines is 1. The van der Waals surface area contributed by atoms with Crippen LogP contribution in [0.25, 0.3) is 11.5 Å². The van der Waals surface area contributed by atoms with E-state index >= 15 is 0 Å². The van der Waals surface area contributed by atoms with Crippen LogP contribution in [-0.2, 0) is 4.79 Å². The lowest BCUT2D eigenvalue weighted by molar-refractivity contribution is -0.384. The summed E-state index contributed by atoms with van der Waals surface area (Å²) in [5.41, 5.74) is 3.18. The van der Waals surface area contributed by atoms with Gasteiger partial charge in [-0.05, 0) is 44.0 Å². The SMILES string of the molecule is Cc1ccc(C)c(NC(=O)[C@@H](C)Sc2nnc(-c3cccc([N+](=O)[O-])c3)o2)c1. The number of aryl methyl sites for hydroxylation is 2. The summed E-state index contributed by atoms with van der Waals surface area (Å²) >= 11 is 1.12. The number of amides is 1. The van der Waals surface area contributed by atoms with Crippen LogP contribution in [0.5, 0.6) is 0 Å². The van der Waals surface area contributed by atoms with E-state index in [1.165, 1.54) is 12.1 Å². The van der Waals surface area contributed by atoms with Gasteiger partial charge in [0, 0.05) is 23.4 Å². The van der Waals surface area contributed by atoms with Gasteiger partial charge in [0.2, 0.25) is 11.8 Å². The minimum absolute atomic E-state index is 0.0637. The highest BCUT2D eigenvalue weighted by atomic mass is 32.2. The molecule has 3 aromatic rings. The lowest BCUT2D eigenvalue weighted by Crippen LogP contribution is -2.22. The van der Waals surface area contributed by atoms with Gasteiger partial charge in [0.15, 0.2) is 0 Å². The van der Waals surface area contributed by atoms with Crippen molar-refractivity contribution in [2.45, 2.75) is 31.2 Å². The fourth-order valence-electron chi connectivity index (χ4n) is 2.44. The van der Waals surface area contributed by atoms with Gasteiger partial charge < -0.3 is 9.73 Å². The van der Waals surface area contributed by atoms with Crippen LogP contribution in [-0.4, -0.2) is 26.3 Å². The van der Waals surface area contributed by atoms with Crippen molar-refractivity contribution in [3.8, 4) is 11.5 Å². The Morgan fingerprint density at radius 2 is 2.00 bits per heavy atom. The van der Waals surface area contributed by atoms with E-state index in [1.54, 1.807) is 19.1 Å². The van der Waals surface area contributed by atoms with Crippen LogP contribution < -0.4 is 5.32 Å². The first kappa shape index (κ1) is 19.6. The van der Waals surface area contributed by atoms with E-state index in [4.69, 9.17) is 4.42 Å². The monoisotopic (exact) mass is 398 g/mol. The summed E-state index contributed by atoms with van der Waals surface area (Å²) in [6, 6.07) is 11.8. The van der Waals surface area contributed by atoms with Crippen molar-refractivity contribution >= 4 is 29.0 Å². The van der Waals surface area contributed by atoms with Crippen LogP contribution in [0.15, 0.2) is 52.1 Å². The second-order valence-corrected chi connectivity index (χ2v) is 7.54. The highest BCUT2D eigenvalue weighted by Crippen LogP contribution is 2.28. The average Bonchev–Trinajstić information content (AvgIpc) is 3.13. The highest BCUT2D eigenvalue weighted by molar-refractivity contribution is 8.00. The van der Waals surface area contributed by atoms with E-state index in [0.29, 0.717) is 5.56 Å². The number of non-ortho nitro benzene ring substituents is 1. The summed E-state index contributed by atoms with van der Waals surface area (Å²) < 4.78 is 5.56. The molecule has 144 valence electrons. The van der Waals surface area contributed by atoms with Crippen LogP contribution >= 0.6 is 11.8 Å². The Morgan fingerprint density at radius 3 is 2.75 bits per heavy atom. The van der Waals surface area contributed by atoms with Gasteiger partial charge in [0.1, 0.15) is 0 Å². The molecule has 0 radical (unpaired) electrons. The Morgan fingerprint density at radius 1 is 1.21 bits per heavy atom. The quantitative estimate of drug-likeness (QED) is 0.372. The van der Waals surface area contributed by atoms with Gasteiger partial charge in [0.25, 0.3) is 10.9 Å². The predicted octanol–water partition coefficient (Wildman–Crippen LogP) is 4.38. The van der Waals surface area contributed by atoms with Gasteiger partial charge in [-0.25, -0.2) is 0 Å². The zero-order valence-corrected chi connectivity index (χ0v) is 16.3. The molecule has 28 heavy (non-hydrogen) atoms. The molecule has 3 rings (SSSR count). The van der Waals surface area contributed by atoms with Gasteiger partial charge in [-0.15, -0.1) is 10.2 Å². The minimum Gasteiger partial charge on any atom is -0.411 e. The third-order valence-corrected chi connectivity index (χ3v) is 4.94. The zero-order chi connectivity index (χ0) is 20.3. The van der Waals surface area contributed by atoms with Crippen molar-refractivity contribution in [1.29, 1.82) is 0 Å². The number of hydrogen-bond donors (Lipinski definition) is 1. The molecule has 0 aliphatic carbocycles. The lowest BCUT2D eigenvalue weighted by atomic mass is 10.1. The first-order valence-corrected chi connectivity index (χ1v) is 9.34. The molecule has 1 N–H and O–H groups in total. The number of benzene rings is 2. The molecule has 0 aliphatic heterocycles. The summed E-state index contributed by atoms with van der Waals surface area (Å²) in [5, 5.41) is 21.4. The van der Waals surface area contributed by atoms with Gasteiger partial charge in [-0.3, -0.25) is 14.9 Å². The molecule has 1 heterocycles. The predicted molar refractivity (Wildman–Crippen MR) is 106 cm³/mol. The number of nitrogens with one attached hydrogen (secondary N) is 1. The molecule has 1 amide bonds. The Bertz CT molecular complexity index is 1030. The summed E-state index contributed by atoms with van der Waals surface area (Å²) in [4.78, 5) is 22.9. The maximum atomic E-state index is 12.5. The second-order valence-electron chi connectivity index (χ2n) is 6.25. The van der Waals surface area contributed by atoms with Crippen LogP contribution in [0.4, 0.5) is 11.4 Å². The molecule has 0 unspecified atom stereocenters. The molecule has 0 saturated carbocycles. The number of nitrogens with zero attached hydrogens (tertiary/aromatic N) is 3. The maximum Gasteiger partial charge on any atom is 0.277 e. The number of rotatable bonds is 6. The number of nitro benzene ring substituents is 1. The van der Waals surface area contributed by atoms with E-state index in [1.807, 2.05) is 32.0 Å². The summed E-state index contributed by atoms with van der Waals surface area (Å²) in [6.45, 7) is 5.62. The van der Waals surface area contributed by atoms with Crippen LogP contribution in [0, 0.1) is 24.0 Å². The van der Waals surface area contributed by atoms with Gasteiger partial charge in [0.05, 0.1) is 10.2 Å². The second kappa shape index (κ2) is 8.22. The smallest absolute Gasteiger partial charge is 0.277 e. The van der Waals surface area contributed by atoms with E-state index in [2.05, 4.69) is 15.5 Å². The number of aromatic nitrogens is 2. The van der Waals surface area contributed by atoms with Crippen molar-refractivity contribution in [1.82, 2.24) is 10.2 Å². The minimum atomic E-state index is -0.491. The summed E-state index contributed by atoms with van der Waals surface area (Å²) in [7, 11) is 0. The first-order chi connectivity index (χ1) is 13.3. The van der Waals surface area contributed by atoms with E-state index in [-0.39, 0.29) is 22.7 Å². The molecule has 0 bridgehead atoms. The van der Waals surface area contributed by atoms with Crippen molar-refractivity contribution < 1.29 is 14.1 Å². The van der Waals surface area contributed by atoms with Crippen molar-refractivity contribution in [2.24, 2.45) is 0 Å². The molecule has 1 atom stereocenters. The van der Waals surface area contributed by atoms with Gasteiger partial charge in [-0.1, -0.05) is 30.0 Å². The Labute approximate surface area is 165 Å². The number of carbonyl (C=O) groups excluding carboxylic acids is 1. The van der Waals surface area contributed by atoms with Crippen LogP contribution in [0.1, 0.15) is 18.1 Å². The Balaban J connectivity index is 1.69. The fraction of sp³-hybridized carbons (Fsp3) is 0.211. The standard InChI is InChI=1S/C19H18N4O4S/c1-11-7-8-12(2)16(9-11)20-17(24)13(3)28-19-22-21-18(27-19)14-5-4-6-15(10-14)23(25)26/h4-10,13H,1-3H3,(H,20,24)/t13-/m1/s1. The topological polar surface area (TPSA) is 111 Å². The van der Waals surface area contributed by atoms with E-state index in [9.17, 15) is 14.9 Å². The number of thioether (sulfide) groups is 1. The number of nitro groups is 1. The highest BCUT2D eigenvalue weighted by Gasteiger charge is 2.20. The molecule has 8 nitrogen and oxygen atoms in total. The molecular weight excluding hydrogens is 380 g/mol. The molecule has 0 fully saturated rings. The van der Waals surface area contributed by atoms with E-state index < -0.39 is 10.2 Å². The molecule has 0 saturated heterocycles. The average molecular weight is 398 g/mol. The third kappa shape index (κ3) is 4.55. The molecule has 2 aromatic carbocycles. The van der Waals surface area contributed by atoms with Crippen LogP contribution in [0.3, 0.4) is 0 Å². The zero-order valence-electron chi connectivity index (χ0n) is 15.5. The van der Waals surface area contributed by atoms with Crippen molar-refractivity contribution in [3.05, 3.63) is 63.7 Å². The summed E-state index contributed by atoms with van der Waals surface area (Å²) in [5.74, 6) is -0.0258. The number of hydrogen-bond acceptors (Lipinski definition) is 7. The van der Waals surface area contributed by atoms with Crippen molar-refractivity contribution in [3.63, 3.8) is 0 Å². The normalized spacial score (nSPS) is 11.8. The first-order valence-electron chi connectivity index (χ1n) is 8.46. The third-order valence-electron chi connectivity index (χ3n) is 4.01. The molecule has 0 aliphatic rings. The molecule has 0 spiro atoms. The molecular formula is C19H18N4O4S. The fourth-order valence-corrected chi connectivity index (χ4v) is 3.12. The number of carbonyl (C=O) groups is 1. The van der Waals surface area contributed by atoms with Gasteiger partial charge in [-0.2, -0.15) is 0 Å². The lowest BCUT2D eigenvalue weighted by Gasteiger charge is -2.12. The molecule has 9 heteroatoms. The Hall–Kier alpha value is -3.20. The maximum absolute atomic E-state index is 12.5. The van der Waals surface area contributed by atoms with Gasteiger partial charge >= 0.3 is 0 Å². The largest absolute Gasteiger partial charge is 0.411 e. The molecule has 1 aromatic heterocycles. The van der Waals surface area contributed by atoms with E-state index in [0.717, 1.165) is 28.6 Å². The van der Waals surface area contributed by atoms with Crippen LogP contribution in [0.2, 0.25) is 0 Å².